The van der Waals surface area contributed by atoms with Crippen LogP contribution in [0.3, 0.4) is 0 Å². The van der Waals surface area contributed by atoms with E-state index < -0.39 is 10.0 Å². The highest BCUT2D eigenvalue weighted by molar-refractivity contribution is 7.89. The topological polar surface area (TPSA) is 72.2 Å². The fourth-order valence-electron chi connectivity index (χ4n) is 2.20. The summed E-state index contributed by atoms with van der Waals surface area (Å²) in [6, 6.07) is 6.89. The molecule has 3 N–H and O–H groups in total. The van der Waals surface area contributed by atoms with Crippen LogP contribution >= 0.6 is 0 Å². The van der Waals surface area contributed by atoms with E-state index in [1.54, 1.807) is 18.2 Å². The SMILES string of the molecule is Cc1cccc(S(=O)(=O)NC2CC(N)C2(C)C)c1. The zero-order valence-corrected chi connectivity index (χ0v) is 11.8. The number of aryl methyl sites for hydroxylation is 1. The maximum atomic E-state index is 12.2. The van der Waals surface area contributed by atoms with E-state index in [9.17, 15) is 8.42 Å². The van der Waals surface area contributed by atoms with E-state index in [4.69, 9.17) is 5.73 Å². The van der Waals surface area contributed by atoms with Crippen LogP contribution in [0, 0.1) is 12.3 Å². The molecule has 0 aliphatic heterocycles. The molecule has 18 heavy (non-hydrogen) atoms. The van der Waals surface area contributed by atoms with Crippen molar-refractivity contribution in [3.8, 4) is 0 Å². The first-order valence-electron chi connectivity index (χ1n) is 6.08. The van der Waals surface area contributed by atoms with Gasteiger partial charge >= 0.3 is 0 Å². The molecule has 2 unspecified atom stereocenters. The van der Waals surface area contributed by atoms with Gasteiger partial charge in [-0.1, -0.05) is 26.0 Å². The zero-order chi connectivity index (χ0) is 13.6. The fraction of sp³-hybridized carbons (Fsp3) is 0.538. The van der Waals surface area contributed by atoms with Crippen LogP contribution in [-0.4, -0.2) is 20.5 Å². The summed E-state index contributed by atoms with van der Waals surface area (Å²) < 4.78 is 27.2. The highest BCUT2D eigenvalue weighted by atomic mass is 32.2. The third-order valence-electron chi connectivity index (χ3n) is 3.94. The van der Waals surface area contributed by atoms with Crippen molar-refractivity contribution in [2.24, 2.45) is 11.1 Å². The van der Waals surface area contributed by atoms with Crippen molar-refractivity contribution < 1.29 is 8.42 Å². The highest BCUT2D eigenvalue weighted by Gasteiger charge is 2.47. The van der Waals surface area contributed by atoms with Crippen LogP contribution < -0.4 is 10.5 Å². The molecule has 1 aliphatic carbocycles. The van der Waals surface area contributed by atoms with Gasteiger partial charge in [0.05, 0.1) is 4.90 Å². The third kappa shape index (κ3) is 2.30. The number of benzene rings is 1. The maximum Gasteiger partial charge on any atom is 0.240 e. The number of nitrogens with two attached hydrogens (primary N) is 1. The molecule has 100 valence electrons. The minimum absolute atomic E-state index is 0.0581. The van der Waals surface area contributed by atoms with Gasteiger partial charge < -0.3 is 5.73 Å². The molecule has 1 saturated carbocycles. The smallest absolute Gasteiger partial charge is 0.240 e. The van der Waals surface area contributed by atoms with Gasteiger partial charge in [-0.2, -0.15) is 0 Å². The molecular weight excluding hydrogens is 248 g/mol. The molecular formula is C13H20N2O2S. The van der Waals surface area contributed by atoms with Crippen LogP contribution in [0.4, 0.5) is 0 Å². The lowest BCUT2D eigenvalue weighted by atomic mass is 9.64. The van der Waals surface area contributed by atoms with Gasteiger partial charge in [0.15, 0.2) is 0 Å². The molecule has 0 spiro atoms. The van der Waals surface area contributed by atoms with Gasteiger partial charge in [-0.15, -0.1) is 0 Å². The summed E-state index contributed by atoms with van der Waals surface area (Å²) in [7, 11) is -3.44. The number of nitrogens with one attached hydrogen (secondary N) is 1. The van der Waals surface area contributed by atoms with Crippen LogP contribution in [0.15, 0.2) is 29.2 Å². The van der Waals surface area contributed by atoms with Gasteiger partial charge in [0.1, 0.15) is 0 Å². The molecule has 1 aromatic rings. The molecule has 5 heteroatoms. The molecule has 0 saturated heterocycles. The summed E-state index contributed by atoms with van der Waals surface area (Å²) in [6.45, 7) is 5.86. The molecule has 2 rings (SSSR count). The number of sulfonamides is 1. The molecule has 0 radical (unpaired) electrons. The Hall–Kier alpha value is -0.910. The van der Waals surface area contributed by atoms with E-state index in [1.807, 2.05) is 26.8 Å². The Kier molecular flexibility index (Phi) is 3.25. The minimum Gasteiger partial charge on any atom is -0.327 e. The molecule has 0 heterocycles. The predicted octanol–water partition coefficient (Wildman–Crippen LogP) is 1.40. The van der Waals surface area contributed by atoms with Gasteiger partial charge in [0.2, 0.25) is 10.0 Å². The largest absolute Gasteiger partial charge is 0.327 e. The van der Waals surface area contributed by atoms with Gasteiger partial charge in [-0.25, -0.2) is 13.1 Å². The van der Waals surface area contributed by atoms with Crippen LogP contribution in [0.5, 0.6) is 0 Å². The monoisotopic (exact) mass is 268 g/mol. The van der Waals surface area contributed by atoms with Crippen LogP contribution in [0.25, 0.3) is 0 Å². The zero-order valence-electron chi connectivity index (χ0n) is 11.0. The molecule has 4 nitrogen and oxygen atoms in total. The van der Waals surface area contributed by atoms with E-state index >= 15 is 0 Å². The Morgan fingerprint density at radius 2 is 2.06 bits per heavy atom. The van der Waals surface area contributed by atoms with E-state index in [-0.39, 0.29) is 17.5 Å². The second kappa shape index (κ2) is 4.33. The number of rotatable bonds is 3. The van der Waals surface area contributed by atoms with Crippen molar-refractivity contribution in [2.75, 3.05) is 0 Å². The van der Waals surface area contributed by atoms with Crippen molar-refractivity contribution in [3.63, 3.8) is 0 Å². The standard InChI is InChI=1S/C13H20N2O2S/c1-9-5-4-6-10(7-9)18(16,17)15-12-8-11(14)13(12,2)3/h4-7,11-12,15H,8,14H2,1-3H3. The summed E-state index contributed by atoms with van der Waals surface area (Å²) in [4.78, 5) is 0.318. The summed E-state index contributed by atoms with van der Waals surface area (Å²) in [5.74, 6) is 0. The second-order valence-electron chi connectivity index (χ2n) is 5.65. The van der Waals surface area contributed by atoms with Gasteiger partial charge in [0, 0.05) is 12.1 Å². The van der Waals surface area contributed by atoms with Gasteiger partial charge in [0.25, 0.3) is 0 Å². The summed E-state index contributed by atoms with van der Waals surface area (Å²) >= 11 is 0. The Balaban J connectivity index is 2.19. The van der Waals surface area contributed by atoms with E-state index in [1.165, 1.54) is 0 Å². The Morgan fingerprint density at radius 1 is 1.39 bits per heavy atom. The van der Waals surface area contributed by atoms with Crippen molar-refractivity contribution in [1.82, 2.24) is 4.72 Å². The quantitative estimate of drug-likeness (QED) is 0.870. The van der Waals surface area contributed by atoms with E-state index in [0.717, 1.165) is 5.56 Å². The van der Waals surface area contributed by atoms with Crippen molar-refractivity contribution in [1.29, 1.82) is 0 Å². The minimum atomic E-state index is -3.44. The highest BCUT2D eigenvalue weighted by Crippen LogP contribution is 2.39. The molecule has 0 bridgehead atoms. The van der Waals surface area contributed by atoms with Crippen molar-refractivity contribution in [2.45, 2.75) is 44.2 Å². The van der Waals surface area contributed by atoms with E-state index in [2.05, 4.69) is 4.72 Å². The van der Waals surface area contributed by atoms with E-state index in [0.29, 0.717) is 11.3 Å². The average Bonchev–Trinajstić information content (AvgIpc) is 2.28. The Labute approximate surface area is 109 Å². The lowest BCUT2D eigenvalue weighted by Gasteiger charge is -2.50. The molecule has 0 amide bonds. The average molecular weight is 268 g/mol. The molecule has 1 fully saturated rings. The molecule has 1 aliphatic rings. The van der Waals surface area contributed by atoms with Crippen molar-refractivity contribution >= 4 is 10.0 Å². The predicted molar refractivity (Wildman–Crippen MR) is 71.7 cm³/mol. The Bertz CT molecular complexity index is 552. The Morgan fingerprint density at radius 3 is 2.56 bits per heavy atom. The molecule has 2 atom stereocenters. The molecule has 0 aromatic heterocycles. The summed E-state index contributed by atoms with van der Waals surface area (Å²) in [5.41, 5.74) is 6.64. The fourth-order valence-corrected chi connectivity index (χ4v) is 3.71. The van der Waals surface area contributed by atoms with Crippen LogP contribution in [-0.2, 0) is 10.0 Å². The normalized spacial score (nSPS) is 26.7. The first-order valence-corrected chi connectivity index (χ1v) is 7.56. The number of hydrogen-bond acceptors (Lipinski definition) is 3. The van der Waals surface area contributed by atoms with Gasteiger partial charge in [-0.3, -0.25) is 0 Å². The summed E-state index contributed by atoms with van der Waals surface area (Å²) in [5, 5.41) is 0. The maximum absolute atomic E-state index is 12.2. The van der Waals surface area contributed by atoms with Crippen LogP contribution in [0.1, 0.15) is 25.8 Å². The number of hydrogen-bond donors (Lipinski definition) is 2. The molecule has 1 aromatic carbocycles. The second-order valence-corrected chi connectivity index (χ2v) is 7.37. The van der Waals surface area contributed by atoms with Gasteiger partial charge in [-0.05, 0) is 36.5 Å². The third-order valence-corrected chi connectivity index (χ3v) is 5.41. The lowest BCUT2D eigenvalue weighted by Crippen LogP contribution is -2.64. The van der Waals surface area contributed by atoms with Crippen LogP contribution in [0.2, 0.25) is 0 Å². The summed E-state index contributed by atoms with van der Waals surface area (Å²) in [6.07, 6.45) is 0.693. The first kappa shape index (κ1) is 13.5. The van der Waals surface area contributed by atoms with Crippen molar-refractivity contribution in [3.05, 3.63) is 29.8 Å². The first-order chi connectivity index (χ1) is 8.23. The lowest BCUT2D eigenvalue weighted by molar-refractivity contribution is 0.0903.